The largest absolute Gasteiger partial charge is 0.386 e. The summed E-state index contributed by atoms with van der Waals surface area (Å²) in [5.41, 5.74) is 3.96. The zero-order chi connectivity index (χ0) is 20.8. The molecule has 9 atom stereocenters. The molecule has 1 aliphatic carbocycles. The minimum atomic E-state index is -1.68. The number of alkyl halides is 1. The fourth-order valence-corrected chi connectivity index (χ4v) is 5.75. The highest BCUT2D eigenvalue weighted by Crippen LogP contribution is 2.39. The molecule has 166 valence electrons. The monoisotopic (exact) mass is 431 g/mol. The van der Waals surface area contributed by atoms with Crippen LogP contribution in [0.15, 0.2) is 0 Å². The lowest BCUT2D eigenvalue weighted by molar-refractivity contribution is -0.148. The van der Waals surface area contributed by atoms with Crippen molar-refractivity contribution in [3.63, 3.8) is 0 Å². The van der Waals surface area contributed by atoms with E-state index in [1.165, 1.54) is 6.92 Å². The van der Waals surface area contributed by atoms with Crippen molar-refractivity contribution in [2.75, 3.05) is 19.8 Å². The quantitative estimate of drug-likeness (QED) is 0.242. The van der Waals surface area contributed by atoms with E-state index in [-0.39, 0.29) is 29.5 Å². The van der Waals surface area contributed by atoms with Gasteiger partial charge in [0, 0.05) is 25.2 Å². The molecule has 0 spiro atoms. The molecule has 4 fully saturated rings. The Hall–Kier alpha value is -0.520. The van der Waals surface area contributed by atoms with Crippen LogP contribution in [-0.2, 0) is 9.53 Å². The number of hydrogen-bond acceptors (Lipinski definition) is 8. The lowest BCUT2D eigenvalue weighted by Gasteiger charge is -2.39. The van der Waals surface area contributed by atoms with Crippen molar-refractivity contribution >= 4 is 17.5 Å². The van der Waals surface area contributed by atoms with Gasteiger partial charge in [-0.1, -0.05) is 6.42 Å². The summed E-state index contributed by atoms with van der Waals surface area (Å²) in [6.45, 7) is 3.31. The van der Waals surface area contributed by atoms with E-state index in [1.807, 2.05) is 4.90 Å². The third kappa shape index (κ3) is 4.04. The number of aliphatic hydroxyl groups is 2. The standard InChI is InChI=1S/C19H34ClN5O4/c1-19(28)13(26)18(25-6-5-12-15(20)22-9-23-16(12)25)29-14(19)17(27)24-11-4-2-3-10(7-11)8-21/h10-16,18,22-23,26,28H,2-9,21H2,1H3,(H,24,27)/t10?,11?,12?,13-,14+,15?,16?,18+,19-/m0/s1. The zero-order valence-corrected chi connectivity index (χ0v) is 17.6. The summed E-state index contributed by atoms with van der Waals surface area (Å²) in [5, 5.41) is 31.4. The van der Waals surface area contributed by atoms with Crippen molar-refractivity contribution in [2.45, 2.75) is 80.8 Å². The maximum Gasteiger partial charge on any atom is 0.252 e. The van der Waals surface area contributed by atoms with Gasteiger partial charge in [0.1, 0.15) is 17.9 Å². The van der Waals surface area contributed by atoms with Gasteiger partial charge in [-0.25, -0.2) is 0 Å². The Balaban J connectivity index is 1.43. The number of rotatable bonds is 4. The molecule has 9 nitrogen and oxygen atoms in total. The number of nitrogens with zero attached hydrogens (tertiary/aromatic N) is 1. The Kier molecular flexibility index (Phi) is 6.40. The number of carbonyl (C=O) groups excluding carboxylic acids is 1. The second kappa shape index (κ2) is 8.55. The van der Waals surface area contributed by atoms with Gasteiger partial charge >= 0.3 is 0 Å². The van der Waals surface area contributed by atoms with Gasteiger partial charge in [0.05, 0.1) is 11.7 Å². The fourth-order valence-electron chi connectivity index (χ4n) is 5.41. The van der Waals surface area contributed by atoms with Crippen LogP contribution in [0, 0.1) is 11.8 Å². The molecule has 0 aromatic heterocycles. The molecule has 1 amide bonds. The number of likely N-dealkylation sites (tertiary alicyclic amines) is 1. The van der Waals surface area contributed by atoms with Crippen molar-refractivity contribution in [2.24, 2.45) is 17.6 Å². The number of nitrogens with two attached hydrogens (primary N) is 1. The van der Waals surface area contributed by atoms with E-state index in [9.17, 15) is 15.0 Å². The summed E-state index contributed by atoms with van der Waals surface area (Å²) in [6.07, 6.45) is 1.51. The molecule has 3 heterocycles. The van der Waals surface area contributed by atoms with Gasteiger partial charge in [0.2, 0.25) is 0 Å². The molecule has 0 aromatic rings. The number of hydrogen-bond donors (Lipinski definition) is 6. The maximum atomic E-state index is 13.0. The molecule has 4 aliphatic rings. The van der Waals surface area contributed by atoms with Gasteiger partial charge < -0.3 is 26.0 Å². The Morgan fingerprint density at radius 2 is 2.17 bits per heavy atom. The summed E-state index contributed by atoms with van der Waals surface area (Å²) >= 11 is 6.39. The molecule has 0 radical (unpaired) electrons. The van der Waals surface area contributed by atoms with Gasteiger partial charge in [0.25, 0.3) is 5.91 Å². The number of nitrogens with one attached hydrogen (secondary N) is 3. The summed E-state index contributed by atoms with van der Waals surface area (Å²) < 4.78 is 6.00. The van der Waals surface area contributed by atoms with Crippen molar-refractivity contribution in [3.05, 3.63) is 0 Å². The predicted octanol–water partition coefficient (Wildman–Crippen LogP) is -1.18. The van der Waals surface area contributed by atoms with E-state index < -0.39 is 24.0 Å². The Labute approximate surface area is 176 Å². The smallest absolute Gasteiger partial charge is 0.252 e. The number of fused-ring (bicyclic) bond motifs is 1. The molecular weight excluding hydrogens is 398 g/mol. The van der Waals surface area contributed by atoms with Crippen molar-refractivity contribution in [3.8, 4) is 0 Å². The summed E-state index contributed by atoms with van der Waals surface area (Å²) in [7, 11) is 0. The van der Waals surface area contributed by atoms with Gasteiger partial charge in [-0.15, -0.1) is 11.6 Å². The van der Waals surface area contributed by atoms with Crippen molar-refractivity contribution in [1.29, 1.82) is 0 Å². The van der Waals surface area contributed by atoms with Gasteiger partial charge in [-0.2, -0.15) is 0 Å². The molecule has 5 unspecified atom stereocenters. The molecule has 29 heavy (non-hydrogen) atoms. The third-order valence-electron chi connectivity index (χ3n) is 7.17. The molecule has 10 heteroatoms. The van der Waals surface area contributed by atoms with Crippen LogP contribution in [0.25, 0.3) is 0 Å². The molecule has 0 bridgehead atoms. The number of carbonyl (C=O) groups is 1. The molecule has 0 aromatic carbocycles. The third-order valence-corrected chi connectivity index (χ3v) is 7.65. The first kappa shape index (κ1) is 21.7. The molecule has 1 saturated carbocycles. The van der Waals surface area contributed by atoms with Crippen LogP contribution in [0.3, 0.4) is 0 Å². The van der Waals surface area contributed by atoms with Crippen LogP contribution in [0.5, 0.6) is 0 Å². The van der Waals surface area contributed by atoms with E-state index in [0.29, 0.717) is 25.7 Å². The molecule has 4 rings (SSSR count). The van der Waals surface area contributed by atoms with E-state index >= 15 is 0 Å². The summed E-state index contributed by atoms with van der Waals surface area (Å²) in [6, 6.07) is 0.0275. The van der Waals surface area contributed by atoms with Crippen LogP contribution >= 0.6 is 11.6 Å². The average Bonchev–Trinajstić information content (AvgIpc) is 3.22. The summed E-state index contributed by atoms with van der Waals surface area (Å²) in [5.74, 6) is 0.200. The topological polar surface area (TPSA) is 132 Å². The van der Waals surface area contributed by atoms with Gasteiger partial charge in [0.15, 0.2) is 6.10 Å². The van der Waals surface area contributed by atoms with Crippen LogP contribution in [-0.4, -0.2) is 82.5 Å². The van der Waals surface area contributed by atoms with E-state index in [4.69, 9.17) is 22.1 Å². The van der Waals surface area contributed by atoms with Gasteiger partial charge in [-0.05, 0) is 45.1 Å². The molecular formula is C19H34ClN5O4. The number of halogens is 1. The van der Waals surface area contributed by atoms with E-state index in [0.717, 1.165) is 32.1 Å². The first-order chi connectivity index (χ1) is 13.8. The Bertz CT molecular complexity index is 611. The highest BCUT2D eigenvalue weighted by atomic mass is 35.5. The second-order valence-electron chi connectivity index (χ2n) is 9.17. The first-order valence-corrected chi connectivity index (χ1v) is 11.2. The first-order valence-electron chi connectivity index (χ1n) is 10.8. The highest BCUT2D eigenvalue weighted by molar-refractivity contribution is 6.20. The van der Waals surface area contributed by atoms with Crippen molar-refractivity contribution in [1.82, 2.24) is 20.9 Å². The minimum Gasteiger partial charge on any atom is -0.386 e. The van der Waals surface area contributed by atoms with Crippen LogP contribution < -0.4 is 21.7 Å². The van der Waals surface area contributed by atoms with E-state index in [2.05, 4.69) is 16.0 Å². The SMILES string of the molecule is C[C@@]1(O)[C@@H](C(=O)NC2CCCC(CN)C2)O[C@@H](N2CCC3C(Cl)NCNC32)[C@@H]1O. The molecule has 7 N–H and O–H groups in total. The number of aliphatic hydroxyl groups excluding tert-OH is 1. The minimum absolute atomic E-state index is 0.0275. The number of amides is 1. The van der Waals surface area contributed by atoms with Crippen LogP contribution in [0.4, 0.5) is 0 Å². The van der Waals surface area contributed by atoms with E-state index in [1.54, 1.807) is 0 Å². The fraction of sp³-hybridized carbons (Fsp3) is 0.947. The summed E-state index contributed by atoms with van der Waals surface area (Å²) in [4.78, 5) is 14.9. The zero-order valence-electron chi connectivity index (χ0n) is 16.9. The Morgan fingerprint density at radius 3 is 2.93 bits per heavy atom. The molecule has 3 saturated heterocycles. The maximum absolute atomic E-state index is 13.0. The van der Waals surface area contributed by atoms with Gasteiger partial charge in [-0.3, -0.25) is 20.3 Å². The normalized spacial score (nSPS) is 48.4. The van der Waals surface area contributed by atoms with Crippen LogP contribution in [0.1, 0.15) is 39.0 Å². The lowest BCUT2D eigenvalue weighted by Crippen LogP contribution is -2.61. The van der Waals surface area contributed by atoms with Crippen molar-refractivity contribution < 1.29 is 19.7 Å². The highest BCUT2D eigenvalue weighted by Gasteiger charge is 2.59. The second-order valence-corrected chi connectivity index (χ2v) is 9.64. The average molecular weight is 432 g/mol. The number of ether oxygens (including phenoxy) is 1. The molecule has 3 aliphatic heterocycles. The predicted molar refractivity (Wildman–Crippen MR) is 108 cm³/mol. The lowest BCUT2D eigenvalue weighted by atomic mass is 9.85. The Morgan fingerprint density at radius 1 is 1.38 bits per heavy atom. The van der Waals surface area contributed by atoms with Crippen LogP contribution in [0.2, 0.25) is 0 Å².